The third kappa shape index (κ3) is 5.37. The highest BCUT2D eigenvalue weighted by Gasteiger charge is 2.39. The molecule has 1 heterocycles. The molecule has 6 nitrogen and oxygen atoms in total. The van der Waals surface area contributed by atoms with Crippen molar-refractivity contribution in [3.05, 3.63) is 65.7 Å². The van der Waals surface area contributed by atoms with Crippen LogP contribution in [0.5, 0.6) is 0 Å². The van der Waals surface area contributed by atoms with E-state index in [1.165, 1.54) is 19.2 Å². The van der Waals surface area contributed by atoms with Crippen molar-refractivity contribution in [1.82, 2.24) is 0 Å². The van der Waals surface area contributed by atoms with E-state index < -0.39 is 28.6 Å². The molecule has 1 unspecified atom stereocenters. The van der Waals surface area contributed by atoms with Crippen LogP contribution in [0.15, 0.2) is 59.5 Å². The minimum absolute atomic E-state index is 0.123. The average molecular weight is 392 g/mol. The van der Waals surface area contributed by atoms with Crippen molar-refractivity contribution in [2.45, 2.75) is 43.3 Å². The van der Waals surface area contributed by atoms with Crippen molar-refractivity contribution >= 4 is 10.1 Å². The molecule has 3 rings (SSSR count). The number of rotatable bonds is 8. The molecule has 0 N–H and O–H groups in total. The minimum Gasteiger partial charge on any atom is -0.374 e. The topological polar surface area (TPSA) is 71.1 Å². The smallest absolute Gasteiger partial charge is 0.297 e. The molecule has 3 atom stereocenters. The number of hydrogen-bond donors (Lipinski definition) is 0. The first kappa shape index (κ1) is 20.0. The second-order valence-electron chi connectivity index (χ2n) is 6.48. The second-order valence-corrected chi connectivity index (χ2v) is 8.05. The lowest BCUT2D eigenvalue weighted by Crippen LogP contribution is -2.31. The first-order chi connectivity index (χ1) is 13.0. The first-order valence-electron chi connectivity index (χ1n) is 8.78. The molecule has 1 fully saturated rings. The van der Waals surface area contributed by atoms with Gasteiger partial charge in [0.1, 0.15) is 12.2 Å². The lowest BCUT2D eigenvalue weighted by atomic mass is 10.2. The molecule has 2 aromatic carbocycles. The Morgan fingerprint density at radius 3 is 2.44 bits per heavy atom. The van der Waals surface area contributed by atoms with E-state index in [0.717, 1.165) is 11.1 Å². The van der Waals surface area contributed by atoms with E-state index in [1.54, 1.807) is 12.1 Å². The van der Waals surface area contributed by atoms with Gasteiger partial charge in [0.2, 0.25) is 0 Å². The van der Waals surface area contributed by atoms with Gasteiger partial charge in [-0.05, 0) is 24.6 Å². The van der Waals surface area contributed by atoms with Crippen LogP contribution in [0.4, 0.5) is 0 Å². The van der Waals surface area contributed by atoms with E-state index >= 15 is 0 Å². The summed E-state index contributed by atoms with van der Waals surface area (Å²) < 4.78 is 47.3. The molecule has 0 aliphatic carbocycles. The fraction of sp³-hybridized carbons (Fsp3) is 0.400. The Hall–Kier alpha value is -1.77. The van der Waals surface area contributed by atoms with Crippen molar-refractivity contribution < 1.29 is 26.8 Å². The number of hydrogen-bond acceptors (Lipinski definition) is 6. The molecule has 1 aliphatic rings. The van der Waals surface area contributed by atoms with Crippen LogP contribution in [0.25, 0.3) is 0 Å². The maximum absolute atomic E-state index is 12.6. The second kappa shape index (κ2) is 8.95. The van der Waals surface area contributed by atoms with E-state index in [0.29, 0.717) is 13.0 Å². The van der Waals surface area contributed by atoms with Crippen molar-refractivity contribution in [3.8, 4) is 0 Å². The zero-order valence-electron chi connectivity index (χ0n) is 15.4. The van der Waals surface area contributed by atoms with Crippen molar-refractivity contribution in [3.63, 3.8) is 0 Å². The summed E-state index contributed by atoms with van der Waals surface area (Å²) in [5.41, 5.74) is 2.01. The van der Waals surface area contributed by atoms with Gasteiger partial charge in [-0.1, -0.05) is 48.0 Å². The van der Waals surface area contributed by atoms with E-state index in [2.05, 4.69) is 0 Å². The summed E-state index contributed by atoms with van der Waals surface area (Å²) in [6.07, 6.45) is -1.40. The lowest BCUT2D eigenvalue weighted by molar-refractivity contribution is -0.133. The Labute approximate surface area is 160 Å². The molecule has 0 saturated carbocycles. The van der Waals surface area contributed by atoms with Gasteiger partial charge in [0.25, 0.3) is 10.1 Å². The van der Waals surface area contributed by atoms with Crippen molar-refractivity contribution in [1.29, 1.82) is 0 Å². The molecule has 0 aromatic heterocycles. The van der Waals surface area contributed by atoms with Crippen LogP contribution in [-0.2, 0) is 35.1 Å². The average Bonchev–Trinajstić information content (AvgIpc) is 3.04. The van der Waals surface area contributed by atoms with Gasteiger partial charge in [0, 0.05) is 13.5 Å². The summed E-state index contributed by atoms with van der Waals surface area (Å²) >= 11 is 0. The summed E-state index contributed by atoms with van der Waals surface area (Å²) in [5.74, 6) is 0. The third-order valence-electron chi connectivity index (χ3n) is 4.38. The van der Waals surface area contributed by atoms with Gasteiger partial charge in [-0.25, -0.2) is 0 Å². The Kier molecular flexibility index (Phi) is 6.62. The maximum Gasteiger partial charge on any atom is 0.297 e. The van der Waals surface area contributed by atoms with Gasteiger partial charge in [0.05, 0.1) is 18.1 Å². The summed E-state index contributed by atoms with van der Waals surface area (Å²) in [6, 6.07) is 16.3. The fourth-order valence-corrected chi connectivity index (χ4v) is 3.98. The molecule has 146 valence electrons. The van der Waals surface area contributed by atoms with Gasteiger partial charge >= 0.3 is 0 Å². The van der Waals surface area contributed by atoms with Gasteiger partial charge in [-0.2, -0.15) is 8.42 Å². The predicted octanol–water partition coefficient (Wildman–Crippen LogP) is 3.05. The molecule has 7 heteroatoms. The standard InChI is InChI=1S/C20H24O6S/c1-15-8-10-17(11-9-15)27(21,22)26-18-12-20(23-2)25-19(18)14-24-13-16-6-4-3-5-7-16/h3-11,18-20H,12-14H2,1-2H3/t18-,19+,20?/m0/s1. The Balaban J connectivity index is 1.63. The first-order valence-corrected chi connectivity index (χ1v) is 10.2. The zero-order valence-corrected chi connectivity index (χ0v) is 16.2. The zero-order chi connectivity index (χ0) is 19.3. The monoisotopic (exact) mass is 392 g/mol. The van der Waals surface area contributed by atoms with Crippen LogP contribution in [0.2, 0.25) is 0 Å². The number of ether oxygens (including phenoxy) is 3. The van der Waals surface area contributed by atoms with Gasteiger partial charge in [-0.15, -0.1) is 0 Å². The van der Waals surface area contributed by atoms with Crippen LogP contribution in [0.1, 0.15) is 17.5 Å². The Morgan fingerprint density at radius 1 is 1.07 bits per heavy atom. The van der Waals surface area contributed by atoms with Crippen molar-refractivity contribution in [2.75, 3.05) is 13.7 Å². The molecule has 0 radical (unpaired) electrons. The molecular weight excluding hydrogens is 368 g/mol. The molecule has 1 aliphatic heterocycles. The quantitative estimate of drug-likeness (QED) is 0.643. The molecule has 0 amide bonds. The predicted molar refractivity (Wildman–Crippen MR) is 99.6 cm³/mol. The Morgan fingerprint density at radius 2 is 1.78 bits per heavy atom. The largest absolute Gasteiger partial charge is 0.374 e. The third-order valence-corrected chi connectivity index (χ3v) is 5.73. The van der Waals surface area contributed by atoms with Gasteiger partial charge < -0.3 is 14.2 Å². The molecule has 0 spiro atoms. The van der Waals surface area contributed by atoms with Crippen LogP contribution in [0.3, 0.4) is 0 Å². The summed E-state index contributed by atoms with van der Waals surface area (Å²) in [4.78, 5) is 0.123. The highest BCUT2D eigenvalue weighted by molar-refractivity contribution is 7.86. The van der Waals surface area contributed by atoms with Crippen LogP contribution < -0.4 is 0 Å². The van der Waals surface area contributed by atoms with E-state index in [-0.39, 0.29) is 11.5 Å². The Bertz CT molecular complexity index is 819. The maximum atomic E-state index is 12.6. The SMILES string of the molecule is COC1C[C@H](OS(=O)(=O)c2ccc(C)cc2)[C@@H](COCc2ccccc2)O1. The lowest BCUT2D eigenvalue weighted by Gasteiger charge is -2.18. The highest BCUT2D eigenvalue weighted by Crippen LogP contribution is 2.28. The van der Waals surface area contributed by atoms with E-state index in [4.69, 9.17) is 18.4 Å². The molecular formula is C20H24O6S. The fourth-order valence-electron chi connectivity index (χ4n) is 2.87. The number of benzene rings is 2. The van der Waals surface area contributed by atoms with Crippen LogP contribution in [0, 0.1) is 6.92 Å². The molecule has 2 aromatic rings. The summed E-state index contributed by atoms with van der Waals surface area (Å²) in [5, 5.41) is 0. The number of methoxy groups -OCH3 is 1. The normalized spacial score (nSPS) is 22.8. The summed E-state index contributed by atoms with van der Waals surface area (Å²) in [7, 11) is -2.38. The van der Waals surface area contributed by atoms with Gasteiger partial charge in [0.15, 0.2) is 6.29 Å². The minimum atomic E-state index is -3.89. The molecule has 1 saturated heterocycles. The van der Waals surface area contributed by atoms with Gasteiger partial charge in [-0.3, -0.25) is 4.18 Å². The van der Waals surface area contributed by atoms with Crippen molar-refractivity contribution in [2.24, 2.45) is 0 Å². The van der Waals surface area contributed by atoms with E-state index in [9.17, 15) is 8.42 Å². The van der Waals surface area contributed by atoms with Crippen LogP contribution in [-0.4, -0.2) is 40.6 Å². The highest BCUT2D eigenvalue weighted by atomic mass is 32.2. The molecule has 27 heavy (non-hydrogen) atoms. The number of aryl methyl sites for hydroxylation is 1. The van der Waals surface area contributed by atoms with E-state index in [1.807, 2.05) is 37.3 Å². The van der Waals surface area contributed by atoms with Crippen LogP contribution >= 0.6 is 0 Å². The summed E-state index contributed by atoms with van der Waals surface area (Å²) in [6.45, 7) is 2.52. The molecule has 0 bridgehead atoms.